The summed E-state index contributed by atoms with van der Waals surface area (Å²) < 4.78 is 42.7. The number of nitrogens with one attached hydrogen (secondary N) is 1. The molecular formula is C33H35F3N6O2S. The van der Waals surface area contributed by atoms with Crippen LogP contribution in [0.25, 0.3) is 17.1 Å². The zero-order chi connectivity index (χ0) is 32.1. The maximum Gasteiger partial charge on any atom is 0.573 e. The quantitative estimate of drug-likeness (QED) is 0.200. The number of hydrogen-bond acceptors (Lipinski definition) is 5. The lowest BCUT2D eigenvalue weighted by molar-refractivity contribution is -0.274. The van der Waals surface area contributed by atoms with Gasteiger partial charge in [-0.2, -0.15) is 4.99 Å². The maximum absolute atomic E-state index is 12.9. The Morgan fingerprint density at radius 2 is 1.82 bits per heavy atom. The third kappa shape index (κ3) is 7.86. The van der Waals surface area contributed by atoms with Crippen LogP contribution in [-0.2, 0) is 0 Å². The van der Waals surface area contributed by atoms with Gasteiger partial charge in [0.05, 0.1) is 5.69 Å². The minimum atomic E-state index is -4.75. The molecule has 0 saturated carbocycles. The number of rotatable bonds is 9. The number of amides is 2. The van der Waals surface area contributed by atoms with Crippen LogP contribution in [-0.4, -0.2) is 51.2 Å². The molecule has 1 aliphatic rings. The first-order valence-electron chi connectivity index (χ1n) is 14.8. The number of nitrogens with zero attached hydrogens (tertiary/aromatic N) is 5. The molecule has 1 saturated heterocycles. The van der Waals surface area contributed by atoms with Gasteiger partial charge in [-0.3, -0.25) is 0 Å². The molecule has 1 unspecified atom stereocenters. The molecule has 3 aromatic carbocycles. The number of carbonyl (C=O) groups is 1. The summed E-state index contributed by atoms with van der Waals surface area (Å²) in [7, 11) is 0. The van der Waals surface area contributed by atoms with E-state index in [1.807, 2.05) is 24.3 Å². The highest BCUT2D eigenvalue weighted by Gasteiger charge is 2.31. The summed E-state index contributed by atoms with van der Waals surface area (Å²) in [5, 5.41) is 8.19. The molecule has 5 rings (SSSR count). The monoisotopic (exact) mass is 636 g/mol. The fraction of sp³-hybridized carbons (Fsp3) is 0.333. The summed E-state index contributed by atoms with van der Waals surface area (Å²) in [6.07, 6.45) is -2.43. The number of amidine groups is 1. The van der Waals surface area contributed by atoms with Gasteiger partial charge in [-0.1, -0.05) is 68.9 Å². The van der Waals surface area contributed by atoms with Crippen molar-refractivity contribution in [2.45, 2.75) is 52.3 Å². The highest BCUT2D eigenvalue weighted by atomic mass is 32.2. The Morgan fingerprint density at radius 3 is 2.49 bits per heavy atom. The summed E-state index contributed by atoms with van der Waals surface area (Å²) in [6.45, 7) is 9.81. The summed E-state index contributed by atoms with van der Waals surface area (Å²) in [6, 6.07) is 19.1. The number of aryl methyl sites for hydroxylation is 1. The second kappa shape index (κ2) is 13.8. The Hall–Kier alpha value is -4.32. The minimum Gasteiger partial charge on any atom is -0.406 e. The molecular weight excluding hydrogens is 601 g/mol. The smallest absolute Gasteiger partial charge is 0.406 e. The molecule has 1 atom stereocenters. The SMILES string of the molecule is CCC(CNC(=O)N=C1SCCN1c1cccc(C)c1C(C)C)c1ccc(-c2ncn(-c3ccc(OC(F)(F)F)cc3)n2)cc1. The van der Waals surface area contributed by atoms with E-state index in [1.54, 1.807) is 11.8 Å². The average molecular weight is 637 g/mol. The van der Waals surface area contributed by atoms with Gasteiger partial charge < -0.3 is 15.0 Å². The molecule has 1 aliphatic heterocycles. The molecule has 4 aromatic rings. The highest BCUT2D eigenvalue weighted by molar-refractivity contribution is 8.14. The highest BCUT2D eigenvalue weighted by Crippen LogP contribution is 2.35. The average Bonchev–Trinajstić information content (AvgIpc) is 3.67. The number of aromatic nitrogens is 3. The molecule has 45 heavy (non-hydrogen) atoms. The number of benzene rings is 3. The van der Waals surface area contributed by atoms with E-state index in [0.29, 0.717) is 24.0 Å². The van der Waals surface area contributed by atoms with E-state index in [4.69, 9.17) is 0 Å². The number of ether oxygens (including phenoxy) is 1. The van der Waals surface area contributed by atoms with Crippen molar-refractivity contribution in [3.05, 3.63) is 89.7 Å². The summed E-state index contributed by atoms with van der Waals surface area (Å²) in [4.78, 5) is 23.9. The first-order valence-corrected chi connectivity index (χ1v) is 15.8. The molecule has 0 radical (unpaired) electrons. The molecule has 2 amide bonds. The largest absolute Gasteiger partial charge is 0.573 e. The molecule has 8 nitrogen and oxygen atoms in total. The molecule has 1 N–H and O–H groups in total. The van der Waals surface area contributed by atoms with Gasteiger partial charge in [-0.15, -0.1) is 18.3 Å². The zero-order valence-corrected chi connectivity index (χ0v) is 26.3. The van der Waals surface area contributed by atoms with Crippen LogP contribution in [0.1, 0.15) is 55.7 Å². The van der Waals surface area contributed by atoms with Gasteiger partial charge in [0.15, 0.2) is 11.0 Å². The van der Waals surface area contributed by atoms with Crippen LogP contribution in [0.15, 0.2) is 78.0 Å². The molecule has 0 bridgehead atoms. The topological polar surface area (TPSA) is 84.6 Å². The second-order valence-electron chi connectivity index (χ2n) is 11.0. The molecule has 236 valence electrons. The Morgan fingerprint density at radius 1 is 1.09 bits per heavy atom. The molecule has 12 heteroatoms. The third-order valence-electron chi connectivity index (χ3n) is 7.60. The molecule has 0 aliphatic carbocycles. The number of halogens is 3. The standard InChI is InChI=1S/C33H35F3N6O2S/c1-5-23(19-37-31(43)39-32-41(17-18-45-32)28-8-6-7-22(4)29(28)21(2)3)24-9-11-25(12-10-24)30-38-20-42(40-30)26-13-15-27(16-14-26)44-33(34,35)36/h6-16,20-21,23H,5,17-19H2,1-4H3,(H,37,43). The van der Waals surface area contributed by atoms with Crippen molar-refractivity contribution in [2.75, 3.05) is 23.7 Å². The lowest BCUT2D eigenvalue weighted by Crippen LogP contribution is -2.30. The van der Waals surface area contributed by atoms with Crippen molar-refractivity contribution in [1.29, 1.82) is 0 Å². The normalized spacial score (nSPS) is 15.1. The second-order valence-corrected chi connectivity index (χ2v) is 12.1. The van der Waals surface area contributed by atoms with Crippen LogP contribution in [0.5, 0.6) is 5.75 Å². The predicted molar refractivity (Wildman–Crippen MR) is 172 cm³/mol. The van der Waals surface area contributed by atoms with Gasteiger partial charge in [0.25, 0.3) is 0 Å². The fourth-order valence-corrected chi connectivity index (χ4v) is 6.38. The number of thioether (sulfide) groups is 1. The van der Waals surface area contributed by atoms with E-state index in [2.05, 4.69) is 75.9 Å². The van der Waals surface area contributed by atoms with Crippen LogP contribution in [0.2, 0.25) is 0 Å². The van der Waals surface area contributed by atoms with Gasteiger partial charge in [0.2, 0.25) is 0 Å². The van der Waals surface area contributed by atoms with Crippen molar-refractivity contribution in [2.24, 2.45) is 4.99 Å². The van der Waals surface area contributed by atoms with Crippen molar-refractivity contribution < 1.29 is 22.7 Å². The van der Waals surface area contributed by atoms with E-state index in [9.17, 15) is 18.0 Å². The Bertz CT molecular complexity index is 1650. The lowest BCUT2D eigenvalue weighted by Gasteiger charge is -2.24. The van der Waals surface area contributed by atoms with Crippen LogP contribution in [0.4, 0.5) is 23.7 Å². The van der Waals surface area contributed by atoms with Crippen molar-refractivity contribution >= 4 is 28.6 Å². The van der Waals surface area contributed by atoms with Crippen molar-refractivity contribution in [3.8, 4) is 22.8 Å². The van der Waals surface area contributed by atoms with Crippen LogP contribution < -0.4 is 15.0 Å². The van der Waals surface area contributed by atoms with Crippen molar-refractivity contribution in [3.63, 3.8) is 0 Å². The Kier molecular flexibility index (Phi) is 9.81. The number of hydrogen-bond donors (Lipinski definition) is 1. The van der Waals surface area contributed by atoms with Gasteiger partial charge >= 0.3 is 12.4 Å². The van der Waals surface area contributed by atoms with Gasteiger partial charge in [-0.05, 0) is 66.3 Å². The van der Waals surface area contributed by atoms with E-state index in [1.165, 1.54) is 46.4 Å². The van der Waals surface area contributed by atoms with Crippen molar-refractivity contribution in [1.82, 2.24) is 20.1 Å². The zero-order valence-electron chi connectivity index (χ0n) is 25.5. The van der Waals surface area contributed by atoms with Crippen LogP contribution >= 0.6 is 11.8 Å². The van der Waals surface area contributed by atoms with E-state index in [-0.39, 0.29) is 17.7 Å². The predicted octanol–water partition coefficient (Wildman–Crippen LogP) is 8.08. The Balaban J connectivity index is 1.21. The van der Waals surface area contributed by atoms with Crippen LogP contribution in [0, 0.1) is 6.92 Å². The Labute approximate surface area is 264 Å². The molecule has 1 aromatic heterocycles. The van der Waals surface area contributed by atoms with E-state index < -0.39 is 6.36 Å². The summed E-state index contributed by atoms with van der Waals surface area (Å²) in [5.41, 5.74) is 6.02. The lowest BCUT2D eigenvalue weighted by atomic mass is 9.95. The van der Waals surface area contributed by atoms with Gasteiger partial charge in [0, 0.05) is 36.0 Å². The third-order valence-corrected chi connectivity index (χ3v) is 8.56. The maximum atomic E-state index is 12.9. The van der Waals surface area contributed by atoms with Gasteiger partial charge in [0.1, 0.15) is 12.1 Å². The number of alkyl halides is 3. The molecule has 2 heterocycles. The summed E-state index contributed by atoms with van der Waals surface area (Å²) in [5.74, 6) is 1.48. The fourth-order valence-electron chi connectivity index (χ4n) is 5.43. The number of carbonyl (C=O) groups excluding carboxylic acids is 1. The van der Waals surface area contributed by atoms with E-state index in [0.717, 1.165) is 40.7 Å². The minimum absolute atomic E-state index is 0.0859. The first kappa shape index (κ1) is 32.1. The summed E-state index contributed by atoms with van der Waals surface area (Å²) >= 11 is 1.59. The number of anilines is 1. The molecule has 1 fully saturated rings. The van der Waals surface area contributed by atoms with Gasteiger partial charge in [-0.25, -0.2) is 14.5 Å². The number of aliphatic imine (C=N–C) groups is 1. The number of urea groups is 1. The van der Waals surface area contributed by atoms with Crippen LogP contribution in [0.3, 0.4) is 0 Å². The van der Waals surface area contributed by atoms with E-state index >= 15 is 0 Å². The molecule has 0 spiro atoms. The first-order chi connectivity index (χ1) is 21.5.